The smallest absolute Gasteiger partial charge is 0.230 e. The highest BCUT2D eigenvalue weighted by Gasteiger charge is 2.48. The van der Waals surface area contributed by atoms with Gasteiger partial charge in [-0.05, 0) is 37.8 Å². The Bertz CT molecular complexity index is 433. The maximum absolute atomic E-state index is 12.4. The maximum atomic E-state index is 12.4. The number of carbonyl (C=O) groups excluding carboxylic acids is 1. The second-order valence-corrected chi connectivity index (χ2v) is 5.67. The maximum Gasteiger partial charge on any atom is 0.230 e. The number of rotatable bonds is 4. The van der Waals surface area contributed by atoms with E-state index < -0.39 is 0 Å². The van der Waals surface area contributed by atoms with Gasteiger partial charge in [0.05, 0.1) is 12.0 Å². The lowest BCUT2D eigenvalue weighted by molar-refractivity contribution is -0.149. The molecule has 1 aliphatic rings. The van der Waals surface area contributed by atoms with Gasteiger partial charge in [-0.2, -0.15) is 0 Å². The number of carbonyl (C=O) groups is 1. The fourth-order valence-corrected chi connectivity index (χ4v) is 2.98. The van der Waals surface area contributed by atoms with Crippen molar-refractivity contribution < 1.29 is 9.21 Å². The molecule has 0 saturated heterocycles. The lowest BCUT2D eigenvalue weighted by Crippen LogP contribution is -2.53. The lowest BCUT2D eigenvalue weighted by atomic mass is 9.62. The van der Waals surface area contributed by atoms with Crippen LogP contribution >= 0.6 is 0 Å². The van der Waals surface area contributed by atoms with Crippen molar-refractivity contribution in [2.24, 2.45) is 17.1 Å². The topological polar surface area (TPSA) is 59.5 Å². The molecule has 1 heterocycles. The molecule has 1 aromatic heterocycles. The molecule has 0 aromatic carbocycles. The summed E-state index contributed by atoms with van der Waals surface area (Å²) in [6.07, 6.45) is 1.81. The van der Waals surface area contributed by atoms with Gasteiger partial charge >= 0.3 is 0 Å². The molecule has 0 bridgehead atoms. The van der Waals surface area contributed by atoms with Crippen molar-refractivity contribution in [3.8, 4) is 0 Å². The van der Waals surface area contributed by atoms with Crippen LogP contribution < -0.4 is 5.73 Å². The summed E-state index contributed by atoms with van der Waals surface area (Å²) in [7, 11) is 1.82. The zero-order valence-corrected chi connectivity index (χ0v) is 11.4. The molecule has 4 heteroatoms. The van der Waals surface area contributed by atoms with Crippen LogP contribution in [0.5, 0.6) is 0 Å². The van der Waals surface area contributed by atoms with Crippen LogP contribution in [0, 0.1) is 18.3 Å². The SMILES string of the molecule is Cc1ccc(CN(C)C(=O)C2(CN)CC(C)C2)o1. The molecule has 4 nitrogen and oxygen atoms in total. The highest BCUT2D eigenvalue weighted by molar-refractivity contribution is 5.83. The van der Waals surface area contributed by atoms with Gasteiger partial charge in [0, 0.05) is 13.6 Å². The van der Waals surface area contributed by atoms with E-state index in [4.69, 9.17) is 10.2 Å². The molecule has 0 atom stereocenters. The first-order valence-corrected chi connectivity index (χ1v) is 6.48. The molecule has 1 amide bonds. The van der Waals surface area contributed by atoms with E-state index in [1.807, 2.05) is 26.1 Å². The van der Waals surface area contributed by atoms with E-state index in [2.05, 4.69) is 6.92 Å². The monoisotopic (exact) mass is 250 g/mol. The minimum Gasteiger partial charge on any atom is -0.464 e. The normalized spacial score (nSPS) is 26.8. The minimum atomic E-state index is -0.324. The molecule has 2 N–H and O–H groups in total. The van der Waals surface area contributed by atoms with Crippen molar-refractivity contribution in [3.05, 3.63) is 23.7 Å². The number of nitrogens with zero attached hydrogens (tertiary/aromatic N) is 1. The summed E-state index contributed by atoms with van der Waals surface area (Å²) in [5.41, 5.74) is 5.47. The van der Waals surface area contributed by atoms with Gasteiger partial charge in [0.1, 0.15) is 11.5 Å². The van der Waals surface area contributed by atoms with Gasteiger partial charge in [0.2, 0.25) is 5.91 Å². The van der Waals surface area contributed by atoms with Crippen molar-refractivity contribution in [2.45, 2.75) is 33.2 Å². The van der Waals surface area contributed by atoms with Gasteiger partial charge in [-0.25, -0.2) is 0 Å². The molecule has 0 unspecified atom stereocenters. The third kappa shape index (κ3) is 2.29. The summed E-state index contributed by atoms with van der Waals surface area (Å²) >= 11 is 0. The summed E-state index contributed by atoms with van der Waals surface area (Å²) in [5.74, 6) is 2.45. The Hall–Kier alpha value is -1.29. The van der Waals surface area contributed by atoms with Crippen LogP contribution in [0.15, 0.2) is 16.5 Å². The second kappa shape index (κ2) is 4.76. The number of aryl methyl sites for hydroxylation is 1. The predicted octanol–water partition coefficient (Wildman–Crippen LogP) is 1.92. The summed E-state index contributed by atoms with van der Waals surface area (Å²) in [5, 5.41) is 0. The quantitative estimate of drug-likeness (QED) is 0.888. The Labute approximate surface area is 108 Å². The molecule has 1 saturated carbocycles. The zero-order chi connectivity index (χ0) is 13.3. The Morgan fingerprint density at radius 3 is 2.67 bits per heavy atom. The standard InChI is InChI=1S/C14H22N2O2/c1-10-6-14(7-10,9-15)13(17)16(3)8-12-5-4-11(2)18-12/h4-5,10H,6-9,15H2,1-3H3. The van der Waals surface area contributed by atoms with Crippen molar-refractivity contribution >= 4 is 5.91 Å². The number of amides is 1. The van der Waals surface area contributed by atoms with Crippen molar-refractivity contribution in [1.29, 1.82) is 0 Å². The summed E-state index contributed by atoms with van der Waals surface area (Å²) < 4.78 is 5.50. The molecular formula is C14H22N2O2. The molecule has 2 rings (SSSR count). The Morgan fingerprint density at radius 1 is 1.56 bits per heavy atom. The fraction of sp³-hybridized carbons (Fsp3) is 0.643. The summed E-state index contributed by atoms with van der Waals surface area (Å²) in [6, 6.07) is 3.83. The molecule has 0 aliphatic heterocycles. The average molecular weight is 250 g/mol. The van der Waals surface area contributed by atoms with Gasteiger partial charge < -0.3 is 15.1 Å². The molecule has 0 radical (unpaired) electrons. The van der Waals surface area contributed by atoms with Crippen LogP contribution in [-0.4, -0.2) is 24.4 Å². The summed E-state index contributed by atoms with van der Waals surface area (Å²) in [6.45, 7) is 5.03. The minimum absolute atomic E-state index is 0.150. The fourth-order valence-electron chi connectivity index (χ4n) is 2.98. The van der Waals surface area contributed by atoms with Gasteiger partial charge in [0.15, 0.2) is 0 Å². The van der Waals surface area contributed by atoms with Crippen LogP contribution in [0.4, 0.5) is 0 Å². The van der Waals surface area contributed by atoms with E-state index in [1.165, 1.54) is 0 Å². The molecule has 1 aromatic rings. The highest BCUT2D eigenvalue weighted by Crippen LogP contribution is 2.45. The number of furan rings is 1. The first-order valence-electron chi connectivity index (χ1n) is 6.48. The van der Waals surface area contributed by atoms with Crippen molar-refractivity contribution in [2.75, 3.05) is 13.6 Å². The third-order valence-electron chi connectivity index (χ3n) is 3.86. The first kappa shape index (κ1) is 13.1. The highest BCUT2D eigenvalue weighted by atomic mass is 16.3. The number of hydrogen-bond acceptors (Lipinski definition) is 3. The second-order valence-electron chi connectivity index (χ2n) is 5.67. The van der Waals surface area contributed by atoms with E-state index in [1.54, 1.807) is 4.90 Å². The molecule has 18 heavy (non-hydrogen) atoms. The number of hydrogen-bond donors (Lipinski definition) is 1. The first-order chi connectivity index (χ1) is 8.47. The molecular weight excluding hydrogens is 228 g/mol. The predicted molar refractivity (Wildman–Crippen MR) is 69.8 cm³/mol. The van der Waals surface area contributed by atoms with Gasteiger partial charge in [0.25, 0.3) is 0 Å². The largest absolute Gasteiger partial charge is 0.464 e. The zero-order valence-electron chi connectivity index (χ0n) is 11.4. The van der Waals surface area contributed by atoms with Gasteiger partial charge in [-0.3, -0.25) is 4.79 Å². The number of nitrogens with two attached hydrogens (primary N) is 1. The van der Waals surface area contributed by atoms with Crippen LogP contribution in [0.3, 0.4) is 0 Å². The molecule has 0 spiro atoms. The van der Waals surface area contributed by atoms with Crippen LogP contribution in [0.25, 0.3) is 0 Å². The van der Waals surface area contributed by atoms with Crippen molar-refractivity contribution in [3.63, 3.8) is 0 Å². The van der Waals surface area contributed by atoms with Crippen LogP contribution in [0.1, 0.15) is 31.3 Å². The van der Waals surface area contributed by atoms with E-state index in [-0.39, 0.29) is 11.3 Å². The average Bonchev–Trinajstić information content (AvgIpc) is 2.69. The van der Waals surface area contributed by atoms with E-state index >= 15 is 0 Å². The van der Waals surface area contributed by atoms with Crippen LogP contribution in [-0.2, 0) is 11.3 Å². The van der Waals surface area contributed by atoms with Crippen LogP contribution in [0.2, 0.25) is 0 Å². The van der Waals surface area contributed by atoms with E-state index in [0.29, 0.717) is 19.0 Å². The molecule has 100 valence electrons. The molecule has 1 aliphatic carbocycles. The molecule has 1 fully saturated rings. The Morgan fingerprint density at radius 2 is 2.22 bits per heavy atom. The Balaban J connectivity index is 2.00. The van der Waals surface area contributed by atoms with E-state index in [9.17, 15) is 4.79 Å². The Kier molecular flexibility index (Phi) is 3.48. The van der Waals surface area contributed by atoms with Crippen molar-refractivity contribution in [1.82, 2.24) is 4.90 Å². The van der Waals surface area contributed by atoms with Gasteiger partial charge in [-0.1, -0.05) is 6.92 Å². The summed E-state index contributed by atoms with van der Waals surface area (Å²) in [4.78, 5) is 14.2. The van der Waals surface area contributed by atoms with Gasteiger partial charge in [-0.15, -0.1) is 0 Å². The third-order valence-corrected chi connectivity index (χ3v) is 3.86. The van der Waals surface area contributed by atoms with E-state index in [0.717, 1.165) is 24.4 Å². The lowest BCUT2D eigenvalue weighted by Gasteiger charge is -2.46.